The monoisotopic (exact) mass is 311 g/mol. The molecule has 1 aromatic heterocycles. The quantitative estimate of drug-likeness (QED) is 0.686. The van der Waals surface area contributed by atoms with Gasteiger partial charge in [-0.05, 0) is 36.2 Å². The summed E-state index contributed by atoms with van der Waals surface area (Å²) in [7, 11) is 0. The fourth-order valence-electron chi connectivity index (χ4n) is 2.50. The molecule has 0 bridgehead atoms. The summed E-state index contributed by atoms with van der Waals surface area (Å²) in [6, 6.07) is 12.6. The number of H-pyrrole nitrogens is 1. The summed E-state index contributed by atoms with van der Waals surface area (Å²) >= 11 is 0. The van der Waals surface area contributed by atoms with Crippen molar-refractivity contribution in [2.75, 3.05) is 5.32 Å². The van der Waals surface area contributed by atoms with E-state index in [2.05, 4.69) is 10.3 Å². The van der Waals surface area contributed by atoms with Crippen LogP contribution in [-0.4, -0.2) is 20.6 Å². The molecule has 1 heterocycles. The van der Waals surface area contributed by atoms with Gasteiger partial charge in [0.05, 0.1) is 17.6 Å². The van der Waals surface area contributed by atoms with E-state index in [1.54, 1.807) is 24.3 Å². The maximum absolute atomic E-state index is 12.3. The molecule has 0 saturated heterocycles. The lowest BCUT2D eigenvalue weighted by Crippen LogP contribution is -2.26. The van der Waals surface area contributed by atoms with Crippen molar-refractivity contribution in [3.8, 4) is 0 Å². The van der Waals surface area contributed by atoms with Crippen LogP contribution in [0.15, 0.2) is 47.3 Å². The highest BCUT2D eigenvalue weighted by Gasteiger charge is 2.11. The topological polar surface area (TPSA) is 87.1 Å². The molecule has 3 aromatic rings. The highest BCUT2D eigenvalue weighted by Crippen LogP contribution is 2.17. The van der Waals surface area contributed by atoms with Crippen molar-refractivity contribution in [2.24, 2.45) is 0 Å². The standard InChI is InChI=1S/C17H17N3O3/c1-11-6-7-12(10-21)8-14(11)18-16(22)9-20-15-5-3-2-4-13(15)19-17(20)23/h2-8,21H,9-10H2,1H3,(H,18,22)(H,19,23). The van der Waals surface area contributed by atoms with Crippen LogP contribution < -0.4 is 11.0 Å². The molecule has 0 aliphatic rings. The molecule has 1 amide bonds. The zero-order valence-electron chi connectivity index (χ0n) is 12.7. The summed E-state index contributed by atoms with van der Waals surface area (Å²) in [5.41, 5.74) is 3.31. The van der Waals surface area contributed by atoms with Gasteiger partial charge in [0.2, 0.25) is 5.91 Å². The van der Waals surface area contributed by atoms with Crippen LogP contribution in [0.3, 0.4) is 0 Å². The summed E-state index contributed by atoms with van der Waals surface area (Å²) < 4.78 is 1.40. The van der Waals surface area contributed by atoms with Crippen molar-refractivity contribution >= 4 is 22.6 Å². The van der Waals surface area contributed by atoms with Crippen LogP contribution in [0.5, 0.6) is 0 Å². The second-order valence-electron chi connectivity index (χ2n) is 5.39. The minimum Gasteiger partial charge on any atom is -0.392 e. The van der Waals surface area contributed by atoms with Crippen LogP contribution in [0.2, 0.25) is 0 Å². The van der Waals surface area contributed by atoms with E-state index in [1.165, 1.54) is 4.57 Å². The Labute approximate surface area is 132 Å². The Bertz CT molecular complexity index is 924. The van der Waals surface area contributed by atoms with Crippen LogP contribution in [0.4, 0.5) is 5.69 Å². The summed E-state index contributed by atoms with van der Waals surface area (Å²) in [4.78, 5) is 27.0. The fraction of sp³-hybridized carbons (Fsp3) is 0.176. The molecule has 0 aliphatic heterocycles. The van der Waals surface area contributed by atoms with Crippen molar-refractivity contribution in [1.82, 2.24) is 9.55 Å². The number of hydrogen-bond donors (Lipinski definition) is 3. The molecule has 6 heteroatoms. The Hall–Kier alpha value is -2.86. The number of nitrogens with zero attached hydrogens (tertiary/aromatic N) is 1. The molecule has 0 atom stereocenters. The van der Waals surface area contributed by atoms with E-state index in [4.69, 9.17) is 0 Å². The number of hydrogen-bond acceptors (Lipinski definition) is 3. The average Bonchev–Trinajstić information content (AvgIpc) is 2.85. The molecule has 118 valence electrons. The fourth-order valence-corrected chi connectivity index (χ4v) is 2.50. The predicted molar refractivity (Wildman–Crippen MR) is 88.3 cm³/mol. The van der Waals surface area contributed by atoms with Gasteiger partial charge in [-0.1, -0.05) is 24.3 Å². The number of aromatic nitrogens is 2. The molecule has 0 saturated carbocycles. The van der Waals surface area contributed by atoms with Gasteiger partial charge in [-0.15, -0.1) is 0 Å². The molecule has 0 fully saturated rings. The van der Waals surface area contributed by atoms with Crippen LogP contribution in [-0.2, 0) is 17.9 Å². The largest absolute Gasteiger partial charge is 0.392 e. The number of fused-ring (bicyclic) bond motifs is 1. The van der Waals surface area contributed by atoms with Crippen molar-refractivity contribution in [2.45, 2.75) is 20.1 Å². The number of para-hydroxylation sites is 2. The summed E-state index contributed by atoms with van der Waals surface area (Å²) in [5.74, 6) is -0.296. The Kier molecular flexibility index (Phi) is 3.99. The molecule has 0 aliphatic carbocycles. The number of anilines is 1. The molecule has 0 spiro atoms. The molecule has 0 unspecified atom stereocenters. The van der Waals surface area contributed by atoms with Crippen molar-refractivity contribution in [1.29, 1.82) is 0 Å². The van der Waals surface area contributed by atoms with E-state index in [1.807, 2.05) is 25.1 Å². The molecule has 23 heavy (non-hydrogen) atoms. The van der Waals surface area contributed by atoms with E-state index in [-0.39, 0.29) is 24.7 Å². The van der Waals surface area contributed by atoms with Gasteiger partial charge in [-0.3, -0.25) is 9.36 Å². The third-order valence-electron chi connectivity index (χ3n) is 3.74. The van der Waals surface area contributed by atoms with E-state index in [0.717, 1.165) is 11.1 Å². The SMILES string of the molecule is Cc1ccc(CO)cc1NC(=O)Cn1c(=O)[nH]c2ccccc21. The molecule has 3 N–H and O–H groups in total. The number of aromatic amines is 1. The van der Waals surface area contributed by atoms with Gasteiger partial charge in [0.25, 0.3) is 0 Å². The number of aryl methyl sites for hydroxylation is 1. The first-order chi connectivity index (χ1) is 11.1. The first-order valence-electron chi connectivity index (χ1n) is 7.26. The minimum atomic E-state index is -0.317. The van der Waals surface area contributed by atoms with Gasteiger partial charge < -0.3 is 15.4 Å². The lowest BCUT2D eigenvalue weighted by molar-refractivity contribution is -0.116. The van der Waals surface area contributed by atoms with Gasteiger partial charge in [0.15, 0.2) is 0 Å². The first-order valence-corrected chi connectivity index (χ1v) is 7.26. The summed E-state index contributed by atoms with van der Waals surface area (Å²) in [6.45, 7) is 1.70. The molecule has 0 radical (unpaired) electrons. The number of amides is 1. The van der Waals surface area contributed by atoms with Gasteiger partial charge in [-0.25, -0.2) is 4.79 Å². The van der Waals surface area contributed by atoms with E-state index in [0.29, 0.717) is 16.7 Å². The van der Waals surface area contributed by atoms with Gasteiger partial charge in [0, 0.05) is 5.69 Å². The highest BCUT2D eigenvalue weighted by molar-refractivity contribution is 5.92. The van der Waals surface area contributed by atoms with E-state index < -0.39 is 0 Å². The highest BCUT2D eigenvalue weighted by atomic mass is 16.3. The van der Waals surface area contributed by atoms with Crippen LogP contribution >= 0.6 is 0 Å². The Morgan fingerprint density at radius 3 is 2.83 bits per heavy atom. The van der Waals surface area contributed by atoms with E-state index >= 15 is 0 Å². The number of aliphatic hydroxyl groups is 1. The average molecular weight is 311 g/mol. The minimum absolute atomic E-state index is 0.0777. The molecule has 3 rings (SSSR count). The van der Waals surface area contributed by atoms with Gasteiger partial charge in [-0.2, -0.15) is 0 Å². The van der Waals surface area contributed by atoms with Crippen molar-refractivity contribution in [3.63, 3.8) is 0 Å². The smallest absolute Gasteiger partial charge is 0.326 e. The summed E-state index contributed by atoms with van der Waals surface area (Å²) in [6.07, 6.45) is 0. The number of carbonyl (C=O) groups is 1. The third-order valence-corrected chi connectivity index (χ3v) is 3.74. The van der Waals surface area contributed by atoms with Crippen molar-refractivity contribution < 1.29 is 9.90 Å². The molecular formula is C17H17N3O3. The number of aliphatic hydroxyl groups excluding tert-OH is 1. The van der Waals surface area contributed by atoms with Crippen LogP contribution in [0, 0.1) is 6.92 Å². The maximum atomic E-state index is 12.3. The lowest BCUT2D eigenvalue weighted by Gasteiger charge is -2.10. The van der Waals surface area contributed by atoms with Crippen molar-refractivity contribution in [3.05, 3.63) is 64.1 Å². The van der Waals surface area contributed by atoms with Crippen LogP contribution in [0.25, 0.3) is 11.0 Å². The predicted octanol–water partition coefficient (Wildman–Crippen LogP) is 1.77. The zero-order chi connectivity index (χ0) is 16.4. The zero-order valence-corrected chi connectivity index (χ0v) is 12.7. The molecule has 6 nitrogen and oxygen atoms in total. The second-order valence-corrected chi connectivity index (χ2v) is 5.39. The second kappa shape index (κ2) is 6.10. The molecule has 2 aromatic carbocycles. The Morgan fingerprint density at radius 1 is 1.26 bits per heavy atom. The summed E-state index contributed by atoms with van der Waals surface area (Å²) in [5, 5.41) is 12.0. The normalized spacial score (nSPS) is 10.9. The van der Waals surface area contributed by atoms with Gasteiger partial charge >= 0.3 is 5.69 Å². The maximum Gasteiger partial charge on any atom is 0.326 e. The van der Waals surface area contributed by atoms with E-state index in [9.17, 15) is 14.7 Å². The third kappa shape index (κ3) is 3.02. The Morgan fingerprint density at radius 2 is 2.04 bits per heavy atom. The Balaban J connectivity index is 1.84. The number of rotatable bonds is 4. The number of carbonyl (C=O) groups excluding carboxylic acids is 1. The van der Waals surface area contributed by atoms with Gasteiger partial charge in [0.1, 0.15) is 6.54 Å². The van der Waals surface area contributed by atoms with Crippen LogP contribution in [0.1, 0.15) is 11.1 Å². The number of imidazole rings is 1. The first kappa shape index (κ1) is 15.1. The molecular weight excluding hydrogens is 294 g/mol. The number of nitrogens with one attached hydrogen (secondary N) is 2. The number of benzene rings is 2. The lowest BCUT2D eigenvalue weighted by atomic mass is 10.1.